The maximum Gasteiger partial charge on any atom is 0.243 e. The molecule has 112 valence electrons. The van der Waals surface area contributed by atoms with Crippen LogP contribution in [0.2, 0.25) is 0 Å². The molecule has 1 saturated heterocycles. The molecule has 0 saturated carbocycles. The van der Waals surface area contributed by atoms with Gasteiger partial charge in [0, 0.05) is 33.0 Å². The van der Waals surface area contributed by atoms with Gasteiger partial charge in [-0.25, -0.2) is 8.42 Å². The van der Waals surface area contributed by atoms with Crippen molar-refractivity contribution in [2.45, 2.75) is 24.0 Å². The quantitative estimate of drug-likeness (QED) is 0.824. The van der Waals surface area contributed by atoms with Gasteiger partial charge in [0.25, 0.3) is 0 Å². The first-order chi connectivity index (χ1) is 9.40. The summed E-state index contributed by atoms with van der Waals surface area (Å²) in [7, 11) is -0.476. The second kappa shape index (κ2) is 5.69. The lowest BCUT2D eigenvalue weighted by Crippen LogP contribution is -2.30. The van der Waals surface area contributed by atoms with Gasteiger partial charge in [-0.15, -0.1) is 0 Å². The lowest BCUT2D eigenvalue weighted by molar-refractivity contribution is -0.00461. The molecule has 0 amide bonds. The van der Waals surface area contributed by atoms with Gasteiger partial charge in [-0.2, -0.15) is 4.31 Å². The minimum atomic E-state index is -3.58. The fourth-order valence-electron chi connectivity index (χ4n) is 2.39. The summed E-state index contributed by atoms with van der Waals surface area (Å²) in [4.78, 5) is 0.240. The Balaban J connectivity index is 2.34. The molecule has 1 aromatic rings. The first-order valence-corrected chi connectivity index (χ1v) is 7.76. The summed E-state index contributed by atoms with van der Waals surface area (Å²) in [5.74, 6) is 0. The van der Waals surface area contributed by atoms with E-state index >= 15 is 0 Å². The molecular formula is C13H20N2O4S. The van der Waals surface area contributed by atoms with Crippen molar-refractivity contribution < 1.29 is 17.9 Å². The zero-order chi connectivity index (χ0) is 14.9. The molecule has 2 rings (SSSR count). The van der Waals surface area contributed by atoms with E-state index in [4.69, 9.17) is 15.2 Å². The van der Waals surface area contributed by atoms with Crippen LogP contribution in [0.1, 0.15) is 5.56 Å². The van der Waals surface area contributed by atoms with E-state index in [0.717, 1.165) is 0 Å². The van der Waals surface area contributed by atoms with E-state index in [9.17, 15) is 8.42 Å². The third kappa shape index (κ3) is 2.67. The van der Waals surface area contributed by atoms with Crippen molar-refractivity contribution in [3.63, 3.8) is 0 Å². The lowest BCUT2D eigenvalue weighted by Gasteiger charge is -2.17. The van der Waals surface area contributed by atoms with Crippen LogP contribution in [0.3, 0.4) is 0 Å². The molecule has 0 spiro atoms. The molecule has 20 heavy (non-hydrogen) atoms. The molecule has 2 unspecified atom stereocenters. The summed E-state index contributed by atoms with van der Waals surface area (Å²) in [5, 5.41) is 0. The Morgan fingerprint density at radius 3 is 2.25 bits per heavy atom. The number of sulfonamides is 1. The van der Waals surface area contributed by atoms with Gasteiger partial charge < -0.3 is 15.2 Å². The largest absolute Gasteiger partial charge is 0.399 e. The van der Waals surface area contributed by atoms with Crippen molar-refractivity contribution in [3.8, 4) is 0 Å². The number of benzene rings is 1. The van der Waals surface area contributed by atoms with Gasteiger partial charge in [0.2, 0.25) is 10.0 Å². The lowest BCUT2D eigenvalue weighted by atomic mass is 10.2. The average molecular weight is 300 g/mol. The number of nitrogens with two attached hydrogens (primary N) is 1. The smallest absolute Gasteiger partial charge is 0.243 e. The van der Waals surface area contributed by atoms with Crippen LogP contribution >= 0.6 is 0 Å². The number of ether oxygens (including phenoxy) is 2. The maximum atomic E-state index is 12.7. The molecule has 2 atom stereocenters. The highest BCUT2D eigenvalue weighted by Crippen LogP contribution is 2.27. The van der Waals surface area contributed by atoms with E-state index in [2.05, 4.69) is 0 Å². The average Bonchev–Trinajstić information content (AvgIpc) is 2.85. The standard InChI is InChI=1S/C13H20N2O4S/c1-9-4-5-10(14)6-13(9)20(16,17)15-7-11(18-2)12(8-15)19-3/h4-6,11-12H,7-8,14H2,1-3H3. The number of anilines is 1. The second-order valence-electron chi connectivity index (χ2n) is 4.90. The van der Waals surface area contributed by atoms with E-state index in [1.54, 1.807) is 33.3 Å². The van der Waals surface area contributed by atoms with Crippen LogP contribution < -0.4 is 5.73 Å². The molecule has 0 bridgehead atoms. The third-order valence-electron chi connectivity index (χ3n) is 3.62. The molecular weight excluding hydrogens is 280 g/mol. The highest BCUT2D eigenvalue weighted by Gasteiger charge is 2.40. The van der Waals surface area contributed by atoms with Gasteiger partial charge in [-0.05, 0) is 24.6 Å². The highest BCUT2D eigenvalue weighted by atomic mass is 32.2. The van der Waals surface area contributed by atoms with Gasteiger partial charge in [0.05, 0.1) is 17.1 Å². The molecule has 1 aliphatic rings. The van der Waals surface area contributed by atoms with E-state index in [-0.39, 0.29) is 30.2 Å². The summed E-state index contributed by atoms with van der Waals surface area (Å²) in [5.41, 5.74) is 6.80. The van der Waals surface area contributed by atoms with Crippen molar-refractivity contribution in [3.05, 3.63) is 23.8 Å². The minimum absolute atomic E-state index is 0.240. The van der Waals surface area contributed by atoms with Gasteiger partial charge in [-0.1, -0.05) is 6.07 Å². The fraction of sp³-hybridized carbons (Fsp3) is 0.538. The summed E-state index contributed by atoms with van der Waals surface area (Å²) >= 11 is 0. The van der Waals surface area contributed by atoms with E-state index < -0.39 is 10.0 Å². The van der Waals surface area contributed by atoms with Gasteiger partial charge in [0.1, 0.15) is 0 Å². The number of methoxy groups -OCH3 is 2. The van der Waals surface area contributed by atoms with Crippen LogP contribution in [-0.2, 0) is 19.5 Å². The zero-order valence-electron chi connectivity index (χ0n) is 11.9. The Bertz CT molecular complexity index is 576. The van der Waals surface area contributed by atoms with Crippen LogP contribution in [0.15, 0.2) is 23.1 Å². The molecule has 6 nitrogen and oxygen atoms in total. The van der Waals surface area contributed by atoms with E-state index in [0.29, 0.717) is 11.3 Å². The molecule has 0 aromatic heterocycles. The molecule has 0 aliphatic carbocycles. The summed E-state index contributed by atoms with van der Waals surface area (Å²) < 4.78 is 37.3. The number of hydrogen-bond donors (Lipinski definition) is 1. The minimum Gasteiger partial charge on any atom is -0.399 e. The van der Waals surface area contributed by atoms with E-state index in [1.807, 2.05) is 0 Å². The molecule has 1 fully saturated rings. The normalized spacial score (nSPS) is 24.1. The molecule has 0 radical (unpaired) electrons. The van der Waals surface area contributed by atoms with Crippen LogP contribution in [0.5, 0.6) is 0 Å². The molecule has 1 aromatic carbocycles. The second-order valence-corrected chi connectivity index (χ2v) is 6.80. The van der Waals surface area contributed by atoms with Crippen molar-refractivity contribution in [2.75, 3.05) is 33.0 Å². The Hall–Kier alpha value is -1.15. The van der Waals surface area contributed by atoms with Crippen molar-refractivity contribution in [2.24, 2.45) is 0 Å². The summed E-state index contributed by atoms with van der Waals surface area (Å²) in [6.07, 6.45) is -0.507. The predicted molar refractivity (Wildman–Crippen MR) is 75.9 cm³/mol. The van der Waals surface area contributed by atoms with Crippen molar-refractivity contribution in [1.29, 1.82) is 0 Å². The number of aryl methyl sites for hydroxylation is 1. The number of hydrogen-bond acceptors (Lipinski definition) is 5. The van der Waals surface area contributed by atoms with Crippen molar-refractivity contribution in [1.82, 2.24) is 4.31 Å². The first kappa shape index (κ1) is 15.2. The summed E-state index contributed by atoms with van der Waals surface area (Å²) in [6, 6.07) is 4.89. The third-order valence-corrected chi connectivity index (χ3v) is 5.59. The van der Waals surface area contributed by atoms with Gasteiger partial charge in [-0.3, -0.25) is 0 Å². The Morgan fingerprint density at radius 2 is 1.75 bits per heavy atom. The number of rotatable bonds is 4. The Morgan fingerprint density at radius 1 is 1.20 bits per heavy atom. The Labute approximate surface area is 119 Å². The van der Waals surface area contributed by atoms with Crippen LogP contribution in [0.4, 0.5) is 5.69 Å². The molecule has 1 heterocycles. The van der Waals surface area contributed by atoms with Gasteiger partial charge in [0.15, 0.2) is 0 Å². The van der Waals surface area contributed by atoms with Crippen LogP contribution in [0.25, 0.3) is 0 Å². The molecule has 2 N–H and O–H groups in total. The van der Waals surface area contributed by atoms with Crippen molar-refractivity contribution >= 4 is 15.7 Å². The van der Waals surface area contributed by atoms with Gasteiger partial charge >= 0.3 is 0 Å². The Kier molecular flexibility index (Phi) is 4.33. The van der Waals surface area contributed by atoms with E-state index in [1.165, 1.54) is 10.4 Å². The SMILES string of the molecule is COC1CN(S(=O)(=O)c2cc(N)ccc2C)CC1OC. The summed E-state index contributed by atoms with van der Waals surface area (Å²) in [6.45, 7) is 2.32. The van der Waals surface area contributed by atoms with Crippen LogP contribution in [-0.4, -0.2) is 52.2 Å². The monoisotopic (exact) mass is 300 g/mol. The highest BCUT2D eigenvalue weighted by molar-refractivity contribution is 7.89. The maximum absolute atomic E-state index is 12.7. The number of nitrogen functional groups attached to an aromatic ring is 1. The molecule has 1 aliphatic heterocycles. The zero-order valence-corrected chi connectivity index (χ0v) is 12.7. The fourth-order valence-corrected chi connectivity index (χ4v) is 4.12. The predicted octanol–water partition coefficient (Wildman–Crippen LogP) is 0.612. The first-order valence-electron chi connectivity index (χ1n) is 6.32. The van der Waals surface area contributed by atoms with Crippen LogP contribution in [0, 0.1) is 6.92 Å². The topological polar surface area (TPSA) is 81.9 Å². The molecule has 7 heteroatoms. The number of nitrogens with zero attached hydrogens (tertiary/aromatic N) is 1.